The first-order valence-electron chi connectivity index (χ1n) is 10.5. The maximum Gasteiger partial charge on any atom is 0.314 e. The summed E-state index contributed by atoms with van der Waals surface area (Å²) in [6.07, 6.45) is 2.77. The fourth-order valence-electron chi connectivity index (χ4n) is 5.13. The molecule has 0 bridgehead atoms. The molecule has 1 aliphatic rings. The molecular formula is C24H21ClF3NO4. The number of nitrogens with zero attached hydrogens (tertiary/aromatic N) is 1. The molecule has 0 amide bonds. The lowest BCUT2D eigenvalue weighted by molar-refractivity contribution is -0.145. The van der Waals surface area contributed by atoms with Crippen LogP contribution in [0.4, 0.5) is 13.2 Å². The quantitative estimate of drug-likeness (QED) is 0.485. The van der Waals surface area contributed by atoms with Crippen LogP contribution in [0.5, 0.6) is 5.75 Å². The van der Waals surface area contributed by atoms with Gasteiger partial charge in [-0.1, -0.05) is 24.4 Å². The van der Waals surface area contributed by atoms with Crippen molar-refractivity contribution in [3.8, 4) is 5.75 Å². The summed E-state index contributed by atoms with van der Waals surface area (Å²) in [6, 6.07) is 4.12. The second-order valence-corrected chi connectivity index (χ2v) is 9.04. The van der Waals surface area contributed by atoms with E-state index in [0.717, 1.165) is 29.5 Å². The largest absolute Gasteiger partial charge is 0.503 e. The van der Waals surface area contributed by atoms with Gasteiger partial charge < -0.3 is 10.2 Å². The summed E-state index contributed by atoms with van der Waals surface area (Å²) in [6.45, 7) is 2.90. The Kier molecular flexibility index (Phi) is 5.68. The van der Waals surface area contributed by atoms with Crippen molar-refractivity contribution in [3.63, 3.8) is 0 Å². The van der Waals surface area contributed by atoms with Crippen LogP contribution in [0.1, 0.15) is 54.2 Å². The van der Waals surface area contributed by atoms with Crippen molar-refractivity contribution in [1.29, 1.82) is 0 Å². The van der Waals surface area contributed by atoms with Crippen LogP contribution in [0.3, 0.4) is 0 Å². The number of hydrogen-bond donors (Lipinski definition) is 2. The number of halogens is 4. The molecule has 1 saturated carbocycles. The lowest BCUT2D eigenvalue weighted by Gasteiger charge is -2.32. The van der Waals surface area contributed by atoms with Gasteiger partial charge in [0.15, 0.2) is 17.4 Å². The Balaban J connectivity index is 2.09. The van der Waals surface area contributed by atoms with E-state index in [-0.39, 0.29) is 38.7 Å². The maximum atomic E-state index is 15.3. The second-order valence-electron chi connectivity index (χ2n) is 8.63. The zero-order chi connectivity index (χ0) is 24.2. The topological polar surface area (TPSA) is 79.5 Å². The zero-order valence-electron chi connectivity index (χ0n) is 17.9. The first-order valence-corrected chi connectivity index (χ1v) is 10.8. The van der Waals surface area contributed by atoms with Gasteiger partial charge in [0.1, 0.15) is 5.82 Å². The summed E-state index contributed by atoms with van der Waals surface area (Å²) in [7, 11) is 0. The minimum atomic E-state index is -1.61. The highest BCUT2D eigenvalue weighted by atomic mass is 35.5. The van der Waals surface area contributed by atoms with Gasteiger partial charge in [-0.15, -0.1) is 0 Å². The summed E-state index contributed by atoms with van der Waals surface area (Å²) in [5, 5.41) is 19.7. The van der Waals surface area contributed by atoms with Crippen LogP contribution in [0, 0.1) is 30.3 Å². The van der Waals surface area contributed by atoms with E-state index in [1.54, 1.807) is 0 Å². The minimum absolute atomic E-state index is 0.00696. The number of carbonyl (C=O) groups is 2. The molecule has 33 heavy (non-hydrogen) atoms. The Morgan fingerprint density at radius 3 is 2.33 bits per heavy atom. The average Bonchev–Trinajstić information content (AvgIpc) is 3.40. The Hall–Kier alpha value is -3.00. The van der Waals surface area contributed by atoms with Crippen molar-refractivity contribution in [2.24, 2.45) is 5.92 Å². The molecule has 5 nitrogen and oxygen atoms in total. The number of carbonyl (C=O) groups excluding carboxylic acids is 1. The smallest absolute Gasteiger partial charge is 0.314 e. The molecule has 1 fully saturated rings. The molecule has 2 N–H and O–H groups in total. The lowest BCUT2D eigenvalue weighted by atomic mass is 9.69. The number of hydrogen-bond acceptors (Lipinski definition) is 3. The van der Waals surface area contributed by atoms with E-state index in [2.05, 4.69) is 0 Å². The molecule has 1 atom stereocenters. The van der Waals surface area contributed by atoms with Gasteiger partial charge in [-0.05, 0) is 50.8 Å². The van der Waals surface area contributed by atoms with Crippen LogP contribution < -0.4 is 0 Å². The number of phenolic OH excluding ortho intramolecular Hbond substituents is 1. The van der Waals surface area contributed by atoms with Crippen molar-refractivity contribution >= 4 is 34.4 Å². The third-order valence-electron chi connectivity index (χ3n) is 6.87. The molecule has 0 radical (unpaired) electrons. The highest BCUT2D eigenvalue weighted by Gasteiger charge is 2.48. The third-order valence-corrected chi connectivity index (χ3v) is 7.17. The molecule has 0 saturated heterocycles. The monoisotopic (exact) mass is 479 g/mol. The minimum Gasteiger partial charge on any atom is -0.503 e. The molecular weight excluding hydrogens is 459 g/mol. The first kappa shape index (κ1) is 23.2. The molecule has 1 heterocycles. The molecule has 174 valence electrons. The molecule has 1 aromatic heterocycles. The number of rotatable bonds is 4. The van der Waals surface area contributed by atoms with Gasteiger partial charge in [-0.2, -0.15) is 0 Å². The third kappa shape index (κ3) is 3.39. The number of benzene rings is 2. The Morgan fingerprint density at radius 2 is 1.76 bits per heavy atom. The van der Waals surface area contributed by atoms with Crippen LogP contribution in [-0.4, -0.2) is 26.7 Å². The average molecular weight is 480 g/mol. The van der Waals surface area contributed by atoms with Gasteiger partial charge in [0.2, 0.25) is 0 Å². The summed E-state index contributed by atoms with van der Waals surface area (Å²) in [4.78, 5) is 26.0. The fraction of sp³-hybridized carbons (Fsp3) is 0.333. The first-order chi connectivity index (χ1) is 15.5. The summed E-state index contributed by atoms with van der Waals surface area (Å²) in [5.74, 6) is -7.16. The molecule has 9 heteroatoms. The van der Waals surface area contributed by atoms with Gasteiger partial charge >= 0.3 is 5.97 Å². The van der Waals surface area contributed by atoms with Crippen LogP contribution in [-0.2, 0) is 10.2 Å². The highest BCUT2D eigenvalue weighted by Crippen LogP contribution is 2.48. The molecule has 0 unspecified atom stereocenters. The van der Waals surface area contributed by atoms with Crippen molar-refractivity contribution in [2.75, 3.05) is 0 Å². The standard InChI is InChI=1S/C24H21ClF3NO4/c1-11-19(24(2,23(32)33)13-5-3-4-6-13)18-17(10-16(27)21(30)20(18)28)29(11)22(31)12-7-8-14(25)15(26)9-12/h7-10,13,30H,3-6H2,1-2H3,(H,32,33)/t24-/m1/s1. The number of phenols is 1. The molecule has 3 aromatic rings. The summed E-state index contributed by atoms with van der Waals surface area (Å²) < 4.78 is 44.7. The van der Waals surface area contributed by atoms with E-state index in [1.807, 2.05) is 0 Å². The van der Waals surface area contributed by atoms with E-state index in [1.165, 1.54) is 26.0 Å². The molecule has 0 aliphatic heterocycles. The number of fused-ring (bicyclic) bond motifs is 1. The summed E-state index contributed by atoms with van der Waals surface area (Å²) in [5.41, 5.74) is -1.93. The lowest BCUT2D eigenvalue weighted by Crippen LogP contribution is -2.40. The van der Waals surface area contributed by atoms with Crippen LogP contribution in [0.15, 0.2) is 24.3 Å². The molecule has 2 aromatic carbocycles. The van der Waals surface area contributed by atoms with Crippen molar-refractivity contribution < 1.29 is 33.0 Å². The van der Waals surface area contributed by atoms with E-state index in [4.69, 9.17) is 11.6 Å². The predicted octanol–water partition coefficient (Wildman–Crippen LogP) is 5.95. The van der Waals surface area contributed by atoms with Gasteiger partial charge in [0.25, 0.3) is 5.91 Å². The predicted molar refractivity (Wildman–Crippen MR) is 116 cm³/mol. The van der Waals surface area contributed by atoms with E-state index in [9.17, 15) is 28.6 Å². The van der Waals surface area contributed by atoms with E-state index < -0.39 is 40.5 Å². The second kappa shape index (κ2) is 8.09. The molecule has 1 aliphatic carbocycles. The van der Waals surface area contributed by atoms with Crippen molar-refractivity contribution in [1.82, 2.24) is 4.57 Å². The summed E-state index contributed by atoms with van der Waals surface area (Å²) >= 11 is 5.70. The highest BCUT2D eigenvalue weighted by molar-refractivity contribution is 6.30. The Bertz CT molecular complexity index is 1310. The molecule has 4 rings (SSSR count). The number of aromatic nitrogens is 1. The maximum absolute atomic E-state index is 15.3. The molecule has 0 spiro atoms. The fourth-order valence-corrected chi connectivity index (χ4v) is 5.25. The normalized spacial score (nSPS) is 16.3. The van der Waals surface area contributed by atoms with Crippen LogP contribution in [0.25, 0.3) is 10.9 Å². The number of aromatic hydroxyl groups is 1. The zero-order valence-corrected chi connectivity index (χ0v) is 18.6. The number of carboxylic acids is 1. The SMILES string of the molecule is Cc1c([C@](C)(C(=O)O)C2CCCC2)c2c(F)c(O)c(F)cc2n1C(=O)c1ccc(Cl)c(F)c1. The van der Waals surface area contributed by atoms with Gasteiger partial charge in [0, 0.05) is 28.3 Å². The van der Waals surface area contributed by atoms with E-state index >= 15 is 4.39 Å². The van der Waals surface area contributed by atoms with Gasteiger partial charge in [-0.25, -0.2) is 13.2 Å². The number of aliphatic carboxylic acids is 1. The van der Waals surface area contributed by atoms with Crippen molar-refractivity contribution in [3.05, 3.63) is 63.6 Å². The van der Waals surface area contributed by atoms with Crippen LogP contribution in [0.2, 0.25) is 5.02 Å². The van der Waals surface area contributed by atoms with Gasteiger partial charge in [0.05, 0.1) is 16.0 Å². The number of carboxylic acid groups (broad SMARTS) is 1. The Labute approximate surface area is 192 Å². The van der Waals surface area contributed by atoms with Crippen molar-refractivity contribution in [2.45, 2.75) is 44.9 Å². The van der Waals surface area contributed by atoms with E-state index in [0.29, 0.717) is 12.8 Å². The Morgan fingerprint density at radius 1 is 1.12 bits per heavy atom. The van der Waals surface area contributed by atoms with Crippen LogP contribution >= 0.6 is 11.6 Å². The van der Waals surface area contributed by atoms with Gasteiger partial charge in [-0.3, -0.25) is 14.2 Å².